The van der Waals surface area contributed by atoms with Crippen molar-refractivity contribution in [1.82, 2.24) is 19.9 Å². The van der Waals surface area contributed by atoms with Crippen molar-refractivity contribution in [3.63, 3.8) is 0 Å². The average molecular weight is 474 g/mol. The van der Waals surface area contributed by atoms with Crippen LogP contribution in [0.1, 0.15) is 12.5 Å². The Kier molecular flexibility index (Phi) is 5.96. The molecule has 1 aliphatic heterocycles. The second kappa shape index (κ2) is 9.22. The first-order valence-corrected chi connectivity index (χ1v) is 11.4. The number of hydrogen-bond acceptors (Lipinski definition) is 9. The number of fused-ring (bicyclic) bond motifs is 1. The van der Waals surface area contributed by atoms with E-state index in [0.717, 1.165) is 29.7 Å². The zero-order chi connectivity index (χ0) is 24.5. The number of anilines is 4. The highest BCUT2D eigenvalue weighted by Crippen LogP contribution is 2.31. The number of hydrogen-bond donors (Lipinski definition) is 3. The van der Waals surface area contributed by atoms with Crippen molar-refractivity contribution in [2.24, 2.45) is 0 Å². The van der Waals surface area contributed by atoms with Gasteiger partial charge in [0.25, 0.3) is 11.4 Å². The third-order valence-corrected chi connectivity index (χ3v) is 6.02. The second-order valence-corrected chi connectivity index (χ2v) is 8.53. The summed E-state index contributed by atoms with van der Waals surface area (Å²) < 4.78 is 10.9. The number of methoxy groups -OCH3 is 1. The lowest BCUT2D eigenvalue weighted by molar-refractivity contribution is 0.0532. The van der Waals surface area contributed by atoms with E-state index in [9.17, 15) is 4.79 Å². The summed E-state index contributed by atoms with van der Waals surface area (Å²) in [6.45, 7) is 6.58. The highest BCUT2D eigenvalue weighted by molar-refractivity contribution is 5.95. The zero-order valence-electron chi connectivity index (χ0n) is 19.8. The molecular weight excluding hydrogens is 446 g/mol. The number of aromatic nitrogens is 4. The molecule has 1 aromatic carbocycles. The second-order valence-electron chi connectivity index (χ2n) is 8.53. The maximum atomic E-state index is 12.7. The van der Waals surface area contributed by atoms with E-state index < -0.39 is 0 Å². The Labute approximate surface area is 202 Å². The fourth-order valence-corrected chi connectivity index (χ4v) is 4.35. The number of aryl methyl sites for hydroxylation is 1. The van der Waals surface area contributed by atoms with Crippen molar-refractivity contribution < 1.29 is 9.47 Å². The number of nitrogens with one attached hydrogen (secondary N) is 2. The highest BCUT2D eigenvalue weighted by Gasteiger charge is 2.19. The summed E-state index contributed by atoms with van der Waals surface area (Å²) in [5, 5.41) is 4.51. The maximum absolute atomic E-state index is 12.7. The fraction of sp³-hybridized carbons (Fsp3) is 0.280. The topological polar surface area (TPSA) is 131 Å². The Morgan fingerprint density at radius 2 is 2.09 bits per heavy atom. The molecule has 1 aliphatic rings. The molecule has 35 heavy (non-hydrogen) atoms. The predicted molar refractivity (Wildman–Crippen MR) is 136 cm³/mol. The Hall–Kier alpha value is -4.18. The SMILES string of the molecule is COc1nc(-c2cc3cc[nH]c(=O)c3c(Nc3ccc(N4CCO[C@@H](C)C4)c(C)c3)n2)cnc1N. The van der Waals surface area contributed by atoms with Gasteiger partial charge in [0.2, 0.25) is 0 Å². The monoisotopic (exact) mass is 473 g/mol. The number of pyridine rings is 2. The van der Waals surface area contributed by atoms with E-state index in [1.807, 2.05) is 12.1 Å². The summed E-state index contributed by atoms with van der Waals surface area (Å²) in [5.74, 6) is 0.828. The number of nitrogen functional groups attached to an aromatic ring is 1. The van der Waals surface area contributed by atoms with Gasteiger partial charge in [0, 0.05) is 30.7 Å². The van der Waals surface area contributed by atoms with Gasteiger partial charge in [0.1, 0.15) is 11.5 Å². The van der Waals surface area contributed by atoms with Crippen molar-refractivity contribution in [2.75, 3.05) is 42.8 Å². The molecule has 0 saturated carbocycles. The molecule has 1 fully saturated rings. The van der Waals surface area contributed by atoms with Crippen LogP contribution in [0.15, 0.2) is 47.5 Å². The average Bonchev–Trinajstić information content (AvgIpc) is 2.84. The smallest absolute Gasteiger partial charge is 0.259 e. The van der Waals surface area contributed by atoms with Crippen LogP contribution < -0.4 is 26.2 Å². The lowest BCUT2D eigenvalue weighted by Gasteiger charge is -2.34. The van der Waals surface area contributed by atoms with Crippen LogP contribution in [-0.4, -0.2) is 52.8 Å². The molecule has 3 aromatic heterocycles. The van der Waals surface area contributed by atoms with Crippen LogP contribution in [0.4, 0.5) is 23.0 Å². The molecule has 0 amide bonds. The van der Waals surface area contributed by atoms with Gasteiger partial charge in [-0.05, 0) is 55.1 Å². The Morgan fingerprint density at radius 1 is 1.23 bits per heavy atom. The number of rotatable bonds is 5. The van der Waals surface area contributed by atoms with E-state index in [1.165, 1.54) is 19.0 Å². The van der Waals surface area contributed by atoms with E-state index in [-0.39, 0.29) is 23.4 Å². The molecular formula is C25H27N7O3. The van der Waals surface area contributed by atoms with Gasteiger partial charge < -0.3 is 30.4 Å². The predicted octanol–water partition coefficient (Wildman–Crippen LogP) is 3.25. The van der Waals surface area contributed by atoms with Crippen molar-refractivity contribution in [2.45, 2.75) is 20.0 Å². The van der Waals surface area contributed by atoms with Gasteiger partial charge in [-0.1, -0.05) is 0 Å². The lowest BCUT2D eigenvalue weighted by Crippen LogP contribution is -2.41. The van der Waals surface area contributed by atoms with Crippen molar-refractivity contribution in [3.8, 4) is 17.3 Å². The van der Waals surface area contributed by atoms with Crippen LogP contribution in [0.25, 0.3) is 22.2 Å². The number of nitrogens with two attached hydrogens (primary N) is 1. The molecule has 1 atom stereocenters. The number of nitrogens with zero attached hydrogens (tertiary/aromatic N) is 4. The van der Waals surface area contributed by atoms with E-state index in [0.29, 0.717) is 29.2 Å². The van der Waals surface area contributed by atoms with Gasteiger partial charge in [0.05, 0.1) is 37.1 Å². The molecule has 4 heterocycles. The molecule has 5 rings (SSSR count). The molecule has 10 heteroatoms. The Balaban J connectivity index is 1.55. The quantitative estimate of drug-likeness (QED) is 0.400. The Bertz CT molecular complexity index is 1450. The minimum absolute atomic E-state index is 0.192. The highest BCUT2D eigenvalue weighted by atomic mass is 16.5. The molecule has 0 bridgehead atoms. The summed E-state index contributed by atoms with van der Waals surface area (Å²) in [6, 6.07) is 9.75. The van der Waals surface area contributed by atoms with E-state index in [1.54, 1.807) is 12.3 Å². The van der Waals surface area contributed by atoms with E-state index in [4.69, 9.17) is 20.2 Å². The van der Waals surface area contributed by atoms with E-state index >= 15 is 0 Å². The molecule has 4 aromatic rings. The summed E-state index contributed by atoms with van der Waals surface area (Å²) >= 11 is 0. The first-order valence-electron chi connectivity index (χ1n) is 11.4. The first kappa shape index (κ1) is 22.6. The number of benzene rings is 1. The summed E-state index contributed by atoms with van der Waals surface area (Å²) in [4.78, 5) is 31.1. The molecule has 1 saturated heterocycles. The minimum Gasteiger partial charge on any atom is -0.478 e. The molecule has 0 aliphatic carbocycles. The van der Waals surface area contributed by atoms with Crippen LogP contribution >= 0.6 is 0 Å². The van der Waals surface area contributed by atoms with Crippen LogP contribution in [0.5, 0.6) is 5.88 Å². The largest absolute Gasteiger partial charge is 0.478 e. The van der Waals surface area contributed by atoms with Crippen molar-refractivity contribution in [1.29, 1.82) is 0 Å². The summed E-state index contributed by atoms with van der Waals surface area (Å²) in [7, 11) is 1.48. The summed E-state index contributed by atoms with van der Waals surface area (Å²) in [5.41, 5.74) is 9.71. The van der Waals surface area contributed by atoms with Crippen LogP contribution in [0, 0.1) is 6.92 Å². The lowest BCUT2D eigenvalue weighted by atomic mass is 10.1. The molecule has 0 unspecified atom stereocenters. The van der Waals surface area contributed by atoms with Crippen LogP contribution in [0.2, 0.25) is 0 Å². The number of ether oxygens (including phenoxy) is 2. The van der Waals surface area contributed by atoms with Crippen molar-refractivity contribution in [3.05, 3.63) is 58.6 Å². The third-order valence-electron chi connectivity index (χ3n) is 6.02. The van der Waals surface area contributed by atoms with Gasteiger partial charge in [-0.3, -0.25) is 4.79 Å². The van der Waals surface area contributed by atoms with Gasteiger partial charge >= 0.3 is 0 Å². The molecule has 10 nitrogen and oxygen atoms in total. The van der Waals surface area contributed by atoms with Crippen LogP contribution in [0.3, 0.4) is 0 Å². The van der Waals surface area contributed by atoms with Gasteiger partial charge in [-0.2, -0.15) is 0 Å². The van der Waals surface area contributed by atoms with Gasteiger partial charge in [0.15, 0.2) is 5.82 Å². The molecule has 0 spiro atoms. The van der Waals surface area contributed by atoms with Crippen molar-refractivity contribution >= 4 is 33.8 Å². The zero-order valence-corrected chi connectivity index (χ0v) is 19.8. The fourth-order valence-electron chi connectivity index (χ4n) is 4.35. The maximum Gasteiger partial charge on any atom is 0.259 e. The summed E-state index contributed by atoms with van der Waals surface area (Å²) in [6.07, 6.45) is 3.34. The number of H-pyrrole nitrogens is 1. The number of aromatic amines is 1. The number of morpholine rings is 1. The Morgan fingerprint density at radius 3 is 2.86 bits per heavy atom. The molecule has 0 radical (unpaired) electrons. The first-order chi connectivity index (χ1) is 16.9. The normalized spacial score (nSPS) is 15.9. The van der Waals surface area contributed by atoms with Gasteiger partial charge in [-0.15, -0.1) is 0 Å². The minimum atomic E-state index is -0.235. The van der Waals surface area contributed by atoms with E-state index in [2.05, 4.69) is 51.1 Å². The molecule has 4 N–H and O–H groups in total. The van der Waals surface area contributed by atoms with Gasteiger partial charge in [-0.25, -0.2) is 15.0 Å². The molecule has 180 valence electrons. The third kappa shape index (κ3) is 4.47. The van der Waals surface area contributed by atoms with Crippen LogP contribution in [-0.2, 0) is 4.74 Å². The standard InChI is InChI=1S/C25H27N7O3/c1-14-10-17(4-5-20(14)32-8-9-35-15(2)13-32)29-23-21-16(6-7-27-24(21)33)11-18(30-23)19-12-28-22(26)25(31-19)34-3/h4-7,10-12,15H,8-9,13H2,1-3H3,(H2,26,28)(H,27,33)(H,29,30)/t15-/m0/s1.